The standard InChI is InChI=1S/C15H14Br2FN/c1-2-19-15(10-3-5-11(16)6-4-10)13-9-12(18)7-8-14(13)17/h3-9,15,19H,2H2,1H3. The summed E-state index contributed by atoms with van der Waals surface area (Å²) in [5.41, 5.74) is 2.01. The third kappa shape index (κ3) is 3.65. The van der Waals surface area contributed by atoms with Gasteiger partial charge in [-0.15, -0.1) is 0 Å². The molecule has 0 fully saturated rings. The lowest BCUT2D eigenvalue weighted by atomic mass is 9.98. The molecule has 1 atom stereocenters. The highest BCUT2D eigenvalue weighted by atomic mass is 79.9. The number of hydrogen-bond donors (Lipinski definition) is 1. The second-order valence-corrected chi connectivity index (χ2v) is 5.98. The van der Waals surface area contributed by atoms with E-state index in [-0.39, 0.29) is 11.9 Å². The van der Waals surface area contributed by atoms with E-state index in [4.69, 9.17) is 0 Å². The van der Waals surface area contributed by atoms with Crippen molar-refractivity contribution in [3.63, 3.8) is 0 Å². The highest BCUT2D eigenvalue weighted by Gasteiger charge is 2.16. The summed E-state index contributed by atoms with van der Waals surface area (Å²) in [7, 11) is 0. The monoisotopic (exact) mass is 385 g/mol. The van der Waals surface area contributed by atoms with E-state index in [1.54, 1.807) is 12.1 Å². The van der Waals surface area contributed by atoms with Crippen LogP contribution in [0.4, 0.5) is 4.39 Å². The molecule has 0 saturated heterocycles. The van der Waals surface area contributed by atoms with Crippen molar-refractivity contribution < 1.29 is 4.39 Å². The van der Waals surface area contributed by atoms with Crippen LogP contribution in [0, 0.1) is 5.82 Å². The molecule has 0 saturated carbocycles. The molecule has 1 nitrogen and oxygen atoms in total. The van der Waals surface area contributed by atoms with Gasteiger partial charge < -0.3 is 5.32 Å². The van der Waals surface area contributed by atoms with Gasteiger partial charge in [0, 0.05) is 8.95 Å². The van der Waals surface area contributed by atoms with E-state index in [2.05, 4.69) is 37.2 Å². The molecule has 1 unspecified atom stereocenters. The van der Waals surface area contributed by atoms with Gasteiger partial charge in [0.2, 0.25) is 0 Å². The van der Waals surface area contributed by atoms with Gasteiger partial charge in [-0.2, -0.15) is 0 Å². The molecule has 1 N–H and O–H groups in total. The molecule has 0 radical (unpaired) electrons. The first-order valence-corrected chi connectivity index (χ1v) is 7.64. The molecule has 0 spiro atoms. The van der Waals surface area contributed by atoms with Crippen LogP contribution in [-0.4, -0.2) is 6.54 Å². The predicted octanol–water partition coefficient (Wildman–Crippen LogP) is 5.05. The Hall–Kier alpha value is -0.710. The number of benzene rings is 2. The lowest BCUT2D eigenvalue weighted by Crippen LogP contribution is -2.22. The first-order chi connectivity index (χ1) is 9.11. The Bertz CT molecular complexity index is 555. The maximum atomic E-state index is 13.5. The SMILES string of the molecule is CCNC(c1ccc(Br)cc1)c1cc(F)ccc1Br. The smallest absolute Gasteiger partial charge is 0.123 e. The van der Waals surface area contributed by atoms with Crippen LogP contribution < -0.4 is 5.32 Å². The van der Waals surface area contributed by atoms with E-state index < -0.39 is 0 Å². The van der Waals surface area contributed by atoms with Crippen molar-refractivity contribution >= 4 is 31.9 Å². The maximum Gasteiger partial charge on any atom is 0.123 e. The minimum atomic E-state index is -0.224. The van der Waals surface area contributed by atoms with Crippen molar-refractivity contribution in [2.75, 3.05) is 6.54 Å². The topological polar surface area (TPSA) is 12.0 Å². The average molecular weight is 387 g/mol. The summed E-state index contributed by atoms with van der Waals surface area (Å²) in [5, 5.41) is 3.39. The van der Waals surface area contributed by atoms with Crippen LogP contribution in [-0.2, 0) is 0 Å². The molecule has 2 aromatic rings. The number of nitrogens with one attached hydrogen (secondary N) is 1. The highest BCUT2D eigenvalue weighted by molar-refractivity contribution is 9.10. The summed E-state index contributed by atoms with van der Waals surface area (Å²) in [4.78, 5) is 0. The molecule has 0 heterocycles. The Balaban J connectivity index is 2.44. The molecule has 0 aliphatic carbocycles. The zero-order valence-corrected chi connectivity index (χ0v) is 13.6. The molecule has 0 bridgehead atoms. The van der Waals surface area contributed by atoms with Gasteiger partial charge in [0.05, 0.1) is 6.04 Å². The van der Waals surface area contributed by atoms with Gasteiger partial charge in [-0.05, 0) is 48.0 Å². The van der Waals surface area contributed by atoms with Crippen molar-refractivity contribution in [2.45, 2.75) is 13.0 Å². The first-order valence-electron chi connectivity index (χ1n) is 6.05. The molecule has 0 aromatic heterocycles. The molecule has 0 aliphatic heterocycles. The van der Waals surface area contributed by atoms with Crippen LogP contribution in [0.1, 0.15) is 24.1 Å². The Labute approximate surface area is 129 Å². The normalized spacial score (nSPS) is 12.4. The third-order valence-electron chi connectivity index (χ3n) is 2.88. The Morgan fingerprint density at radius 1 is 1.11 bits per heavy atom. The van der Waals surface area contributed by atoms with Crippen LogP contribution in [0.15, 0.2) is 51.4 Å². The van der Waals surface area contributed by atoms with Gasteiger partial charge in [-0.1, -0.05) is 50.9 Å². The van der Waals surface area contributed by atoms with Crippen molar-refractivity contribution in [1.29, 1.82) is 0 Å². The van der Waals surface area contributed by atoms with Crippen LogP contribution in [0.5, 0.6) is 0 Å². The minimum Gasteiger partial charge on any atom is -0.306 e. The van der Waals surface area contributed by atoms with Gasteiger partial charge in [0.15, 0.2) is 0 Å². The summed E-state index contributed by atoms with van der Waals surface area (Å²) in [6.45, 7) is 2.85. The second kappa shape index (κ2) is 6.64. The summed E-state index contributed by atoms with van der Waals surface area (Å²) < 4.78 is 15.4. The predicted molar refractivity (Wildman–Crippen MR) is 83.8 cm³/mol. The number of hydrogen-bond acceptors (Lipinski definition) is 1. The summed E-state index contributed by atoms with van der Waals surface area (Å²) in [6.07, 6.45) is 0. The fourth-order valence-corrected chi connectivity index (χ4v) is 2.74. The second-order valence-electron chi connectivity index (χ2n) is 4.21. The van der Waals surface area contributed by atoms with Gasteiger partial charge >= 0.3 is 0 Å². The number of rotatable bonds is 4. The minimum absolute atomic E-state index is 0.0248. The summed E-state index contributed by atoms with van der Waals surface area (Å²) >= 11 is 6.92. The van der Waals surface area contributed by atoms with Crippen LogP contribution in [0.3, 0.4) is 0 Å². The molecule has 0 amide bonds. The Kier molecular flexibility index (Phi) is 5.13. The van der Waals surface area contributed by atoms with Gasteiger partial charge in [-0.3, -0.25) is 0 Å². The molecule has 2 rings (SSSR count). The van der Waals surface area contributed by atoms with E-state index >= 15 is 0 Å². The molecule has 4 heteroatoms. The zero-order valence-electron chi connectivity index (χ0n) is 10.5. The highest BCUT2D eigenvalue weighted by Crippen LogP contribution is 2.30. The van der Waals surface area contributed by atoms with Crippen LogP contribution >= 0.6 is 31.9 Å². The zero-order chi connectivity index (χ0) is 13.8. The first kappa shape index (κ1) is 14.7. The van der Waals surface area contributed by atoms with Crippen LogP contribution in [0.25, 0.3) is 0 Å². The fourth-order valence-electron chi connectivity index (χ4n) is 2.00. The van der Waals surface area contributed by atoms with E-state index in [1.165, 1.54) is 6.07 Å². The van der Waals surface area contributed by atoms with E-state index in [9.17, 15) is 4.39 Å². The largest absolute Gasteiger partial charge is 0.306 e. The Morgan fingerprint density at radius 2 is 1.79 bits per heavy atom. The van der Waals surface area contributed by atoms with Crippen molar-refractivity contribution in [2.24, 2.45) is 0 Å². The molecule has 100 valence electrons. The molecular formula is C15H14Br2FN. The molecule has 19 heavy (non-hydrogen) atoms. The van der Waals surface area contributed by atoms with E-state index in [0.717, 1.165) is 26.6 Å². The Morgan fingerprint density at radius 3 is 2.42 bits per heavy atom. The average Bonchev–Trinajstić information content (AvgIpc) is 2.40. The summed E-state index contributed by atoms with van der Waals surface area (Å²) in [6, 6.07) is 12.8. The quantitative estimate of drug-likeness (QED) is 0.775. The lowest BCUT2D eigenvalue weighted by Gasteiger charge is -2.20. The van der Waals surface area contributed by atoms with Crippen molar-refractivity contribution in [3.05, 3.63) is 68.4 Å². The van der Waals surface area contributed by atoms with Crippen molar-refractivity contribution in [1.82, 2.24) is 5.32 Å². The number of halogens is 3. The third-order valence-corrected chi connectivity index (χ3v) is 4.13. The summed E-state index contributed by atoms with van der Waals surface area (Å²) in [5.74, 6) is -0.224. The lowest BCUT2D eigenvalue weighted by molar-refractivity contribution is 0.601. The van der Waals surface area contributed by atoms with Gasteiger partial charge in [0.1, 0.15) is 5.82 Å². The van der Waals surface area contributed by atoms with E-state index in [0.29, 0.717) is 0 Å². The molecule has 0 aliphatic rings. The fraction of sp³-hybridized carbons (Fsp3) is 0.200. The molecular weight excluding hydrogens is 373 g/mol. The van der Waals surface area contributed by atoms with E-state index in [1.807, 2.05) is 31.2 Å². The maximum absolute atomic E-state index is 13.5. The van der Waals surface area contributed by atoms with Crippen LogP contribution in [0.2, 0.25) is 0 Å². The van der Waals surface area contributed by atoms with Gasteiger partial charge in [0.25, 0.3) is 0 Å². The van der Waals surface area contributed by atoms with Crippen molar-refractivity contribution in [3.8, 4) is 0 Å². The van der Waals surface area contributed by atoms with Gasteiger partial charge in [-0.25, -0.2) is 4.39 Å². The molecule has 2 aromatic carbocycles.